The molecule has 5 heteroatoms. The highest BCUT2D eigenvalue weighted by Crippen LogP contribution is 2.11. The molecule has 1 aromatic rings. The monoisotopic (exact) mass is 264 g/mol. The summed E-state index contributed by atoms with van der Waals surface area (Å²) in [5.41, 5.74) is 12.2. The number of benzene rings is 1. The van der Waals surface area contributed by atoms with E-state index in [4.69, 9.17) is 11.5 Å². The van der Waals surface area contributed by atoms with Gasteiger partial charge in [-0.2, -0.15) is 0 Å². The van der Waals surface area contributed by atoms with Gasteiger partial charge in [0.1, 0.15) is 5.92 Å². The van der Waals surface area contributed by atoms with Gasteiger partial charge in [0, 0.05) is 0 Å². The third-order valence-electron chi connectivity index (χ3n) is 2.95. The number of esters is 1. The van der Waals surface area contributed by atoms with E-state index in [-0.39, 0.29) is 18.7 Å². The molecule has 2 atom stereocenters. The van der Waals surface area contributed by atoms with Gasteiger partial charge in [-0.05, 0) is 24.9 Å². The zero-order valence-corrected chi connectivity index (χ0v) is 11.0. The van der Waals surface area contributed by atoms with Gasteiger partial charge < -0.3 is 16.2 Å². The van der Waals surface area contributed by atoms with E-state index in [2.05, 4.69) is 4.74 Å². The number of methoxy groups -OCH3 is 1. The van der Waals surface area contributed by atoms with Gasteiger partial charge in [0.2, 0.25) is 0 Å². The Morgan fingerprint density at radius 2 is 1.89 bits per heavy atom. The molecule has 0 aliphatic heterocycles. The van der Waals surface area contributed by atoms with Crippen LogP contribution in [-0.4, -0.2) is 31.4 Å². The van der Waals surface area contributed by atoms with Crippen LogP contribution in [0.1, 0.15) is 12.0 Å². The van der Waals surface area contributed by atoms with Crippen molar-refractivity contribution in [3.8, 4) is 0 Å². The van der Waals surface area contributed by atoms with Crippen LogP contribution in [0.5, 0.6) is 0 Å². The molecule has 0 radical (unpaired) electrons. The number of hydrogen-bond donors (Lipinski definition) is 2. The molecule has 0 aliphatic carbocycles. The van der Waals surface area contributed by atoms with Gasteiger partial charge in [0.05, 0.1) is 13.2 Å². The summed E-state index contributed by atoms with van der Waals surface area (Å²) in [6.45, 7) is 0.240. The van der Waals surface area contributed by atoms with Crippen LogP contribution >= 0.6 is 0 Å². The van der Waals surface area contributed by atoms with Crippen LogP contribution in [0.4, 0.5) is 0 Å². The van der Waals surface area contributed by atoms with Crippen LogP contribution in [0.25, 0.3) is 0 Å². The lowest BCUT2D eigenvalue weighted by atomic mass is 9.92. The first-order valence-corrected chi connectivity index (χ1v) is 6.21. The molecule has 0 amide bonds. The fourth-order valence-corrected chi connectivity index (χ4v) is 1.91. The third-order valence-corrected chi connectivity index (χ3v) is 2.95. The fourth-order valence-electron chi connectivity index (χ4n) is 1.91. The first kappa shape index (κ1) is 15.3. The van der Waals surface area contributed by atoms with Crippen LogP contribution in [0.2, 0.25) is 0 Å². The molecule has 0 heterocycles. The van der Waals surface area contributed by atoms with Gasteiger partial charge in [0.25, 0.3) is 0 Å². The van der Waals surface area contributed by atoms with Gasteiger partial charge >= 0.3 is 5.97 Å². The Labute approximate surface area is 112 Å². The molecule has 104 valence electrons. The average Bonchev–Trinajstić information content (AvgIpc) is 2.44. The summed E-state index contributed by atoms with van der Waals surface area (Å²) in [4.78, 5) is 23.7. The summed E-state index contributed by atoms with van der Waals surface area (Å²) >= 11 is 0. The fraction of sp³-hybridized carbons (Fsp3) is 0.429. The number of hydrogen-bond acceptors (Lipinski definition) is 5. The van der Waals surface area contributed by atoms with Crippen molar-refractivity contribution >= 4 is 11.8 Å². The smallest absolute Gasteiger partial charge is 0.316 e. The molecule has 5 nitrogen and oxygen atoms in total. The Morgan fingerprint density at radius 1 is 1.26 bits per heavy atom. The summed E-state index contributed by atoms with van der Waals surface area (Å²) in [6.07, 6.45) is 0.658. The predicted octanol–water partition coefficient (Wildman–Crippen LogP) is 0.264. The largest absolute Gasteiger partial charge is 0.468 e. The second-order valence-electron chi connectivity index (χ2n) is 4.35. The van der Waals surface area contributed by atoms with Crippen molar-refractivity contribution in [2.75, 3.05) is 13.7 Å². The van der Waals surface area contributed by atoms with Crippen molar-refractivity contribution in [1.82, 2.24) is 0 Å². The van der Waals surface area contributed by atoms with Crippen molar-refractivity contribution in [2.45, 2.75) is 18.9 Å². The molecule has 0 fully saturated rings. The minimum Gasteiger partial charge on any atom is -0.468 e. The quantitative estimate of drug-likeness (QED) is 0.544. The van der Waals surface area contributed by atoms with Crippen molar-refractivity contribution in [1.29, 1.82) is 0 Å². The summed E-state index contributed by atoms with van der Waals surface area (Å²) in [5.74, 6) is -1.76. The van der Waals surface area contributed by atoms with Crippen molar-refractivity contribution in [2.24, 2.45) is 17.4 Å². The lowest BCUT2D eigenvalue weighted by molar-refractivity contribution is -0.150. The topological polar surface area (TPSA) is 95.4 Å². The van der Waals surface area contributed by atoms with Crippen LogP contribution < -0.4 is 11.5 Å². The molecular formula is C14H20N2O3. The van der Waals surface area contributed by atoms with Gasteiger partial charge in [0.15, 0.2) is 5.78 Å². The molecule has 0 saturated carbocycles. The molecule has 19 heavy (non-hydrogen) atoms. The van der Waals surface area contributed by atoms with Crippen molar-refractivity contribution in [3.63, 3.8) is 0 Å². The molecule has 1 unspecified atom stereocenters. The Morgan fingerprint density at radius 3 is 2.42 bits per heavy atom. The van der Waals surface area contributed by atoms with E-state index in [1.54, 1.807) is 0 Å². The van der Waals surface area contributed by atoms with Crippen molar-refractivity contribution in [3.05, 3.63) is 35.9 Å². The lowest BCUT2D eigenvalue weighted by Crippen LogP contribution is -2.41. The van der Waals surface area contributed by atoms with Crippen LogP contribution in [0.15, 0.2) is 30.3 Å². The number of ketones is 1. The molecule has 0 aromatic heterocycles. The van der Waals surface area contributed by atoms with E-state index in [9.17, 15) is 9.59 Å². The highest BCUT2D eigenvalue weighted by Gasteiger charge is 2.30. The van der Waals surface area contributed by atoms with Gasteiger partial charge in [-0.25, -0.2) is 0 Å². The van der Waals surface area contributed by atoms with E-state index >= 15 is 0 Å². The maximum atomic E-state index is 12.2. The predicted molar refractivity (Wildman–Crippen MR) is 72.3 cm³/mol. The summed E-state index contributed by atoms with van der Waals surface area (Å²) in [5, 5.41) is 0. The summed E-state index contributed by atoms with van der Waals surface area (Å²) in [6, 6.07) is 8.71. The van der Waals surface area contributed by atoms with Gasteiger partial charge in [-0.15, -0.1) is 0 Å². The first-order valence-electron chi connectivity index (χ1n) is 6.21. The Kier molecular flexibility index (Phi) is 6.18. The van der Waals surface area contributed by atoms with Crippen LogP contribution in [-0.2, 0) is 20.7 Å². The standard InChI is InChI=1S/C14H20N2O3/c1-19-14(18)11(7-8-15)13(17)12(16)9-10-5-3-2-4-6-10/h2-6,11-12H,7-9,15-16H2,1H3/t11?,12-/m0/s1. The Bertz CT molecular complexity index is 420. The Balaban J connectivity index is 2.71. The van der Waals surface area contributed by atoms with E-state index < -0.39 is 17.9 Å². The molecule has 1 aromatic carbocycles. The average molecular weight is 264 g/mol. The maximum absolute atomic E-state index is 12.2. The number of rotatable bonds is 7. The molecule has 0 saturated heterocycles. The lowest BCUT2D eigenvalue weighted by Gasteiger charge is -2.17. The maximum Gasteiger partial charge on any atom is 0.316 e. The normalized spacial score (nSPS) is 13.6. The van der Waals surface area contributed by atoms with E-state index in [1.807, 2.05) is 30.3 Å². The molecule has 1 rings (SSSR count). The number of nitrogens with two attached hydrogens (primary N) is 2. The van der Waals surface area contributed by atoms with Gasteiger partial charge in [-0.3, -0.25) is 9.59 Å². The minimum absolute atomic E-state index is 0.240. The highest BCUT2D eigenvalue weighted by atomic mass is 16.5. The molecule has 0 bridgehead atoms. The summed E-state index contributed by atoms with van der Waals surface area (Å²) < 4.78 is 4.62. The number of Topliss-reactive ketones (excluding diaryl/α,β-unsaturated/α-hetero) is 1. The zero-order chi connectivity index (χ0) is 14.3. The van der Waals surface area contributed by atoms with E-state index in [1.165, 1.54) is 7.11 Å². The molecule has 0 spiro atoms. The Hall–Kier alpha value is -1.72. The second-order valence-corrected chi connectivity index (χ2v) is 4.35. The molecule has 0 aliphatic rings. The summed E-state index contributed by atoms with van der Waals surface area (Å²) in [7, 11) is 1.25. The SMILES string of the molecule is COC(=O)C(CCN)C(=O)[C@@H](N)Cc1ccccc1. The second kappa shape index (κ2) is 7.66. The molecule has 4 N–H and O–H groups in total. The number of carbonyl (C=O) groups excluding carboxylic acids is 2. The highest BCUT2D eigenvalue weighted by molar-refractivity contribution is 6.01. The first-order chi connectivity index (χ1) is 9.10. The minimum atomic E-state index is -0.867. The van der Waals surface area contributed by atoms with E-state index in [0.717, 1.165) is 5.56 Å². The van der Waals surface area contributed by atoms with Gasteiger partial charge in [-0.1, -0.05) is 30.3 Å². The zero-order valence-electron chi connectivity index (χ0n) is 11.0. The van der Waals surface area contributed by atoms with Crippen LogP contribution in [0.3, 0.4) is 0 Å². The van der Waals surface area contributed by atoms with E-state index in [0.29, 0.717) is 6.42 Å². The third kappa shape index (κ3) is 4.46. The van der Waals surface area contributed by atoms with Crippen molar-refractivity contribution < 1.29 is 14.3 Å². The molecular weight excluding hydrogens is 244 g/mol. The number of carbonyl (C=O) groups is 2. The van der Waals surface area contributed by atoms with Crippen LogP contribution in [0, 0.1) is 5.92 Å². The number of ether oxygens (including phenoxy) is 1.